The van der Waals surface area contributed by atoms with Crippen molar-refractivity contribution in [2.75, 3.05) is 39.6 Å². The van der Waals surface area contributed by atoms with Gasteiger partial charge in [-0.05, 0) is 6.92 Å². The average Bonchev–Trinajstić information content (AvgIpc) is 3.65. The van der Waals surface area contributed by atoms with Crippen molar-refractivity contribution < 1.29 is 74.4 Å². The van der Waals surface area contributed by atoms with E-state index < -0.39 is 92.9 Å². The summed E-state index contributed by atoms with van der Waals surface area (Å²) in [5.41, 5.74) is 0. The number of hydrogen-bond acceptors (Lipinski definition) is 15. The minimum Gasteiger partial charge on any atom is -0.394 e. The van der Waals surface area contributed by atoms with Crippen molar-refractivity contribution in [1.82, 2.24) is 0 Å². The van der Waals surface area contributed by atoms with Gasteiger partial charge < -0.3 is 74.4 Å². The van der Waals surface area contributed by atoms with E-state index in [1.807, 2.05) is 0 Å². The molecule has 3 aliphatic heterocycles. The van der Waals surface area contributed by atoms with Gasteiger partial charge in [-0.15, -0.1) is 0 Å². The number of ether oxygens (including phenoxy) is 6. The predicted molar refractivity (Wildman–Crippen MR) is 114 cm³/mol. The van der Waals surface area contributed by atoms with E-state index in [9.17, 15) is 46.0 Å². The molecule has 212 valence electrons. The Kier molecular flexibility index (Phi) is 10.8. The summed E-state index contributed by atoms with van der Waals surface area (Å²) in [4.78, 5) is 0. The van der Waals surface area contributed by atoms with Gasteiger partial charge in [0, 0.05) is 6.42 Å². The average molecular weight is 531 g/mol. The zero-order valence-corrected chi connectivity index (χ0v) is 19.9. The molecule has 0 amide bonds. The second-order valence-corrected chi connectivity index (χ2v) is 9.31. The van der Waals surface area contributed by atoms with Crippen LogP contribution in [0.15, 0.2) is 0 Å². The highest BCUT2D eigenvalue weighted by molar-refractivity contribution is 5.04. The Balaban J connectivity index is 1.88. The van der Waals surface area contributed by atoms with Crippen LogP contribution in [0.2, 0.25) is 0 Å². The fourth-order valence-electron chi connectivity index (χ4n) is 4.19. The van der Waals surface area contributed by atoms with E-state index >= 15 is 0 Å². The third-order valence-corrected chi connectivity index (χ3v) is 6.37. The normalized spacial score (nSPS) is 43.3. The molecule has 0 aromatic rings. The Labute approximate surface area is 207 Å². The fourth-order valence-corrected chi connectivity index (χ4v) is 4.19. The molecule has 3 heterocycles. The molecule has 0 bridgehead atoms. The Hall–Kier alpha value is -0.600. The van der Waals surface area contributed by atoms with Gasteiger partial charge in [0.05, 0.1) is 51.8 Å². The maximum Gasteiger partial charge on any atom is 0.227 e. The standard InChI is InChI=1S/C21H38O15/c1-9(25)6-31-11(3-22)8-33-14(2-10-7-32-10)21(19(30)16(27)13(5-24)35-21)36-20-18(29)17(28)15(26)12(4-23)34-20/h9-20,22-30H,2-8H2,1H3/t9?,10?,11?,12-,13-,14?,15-,16-,17+,18-,19+,20-,21+/m1/s1. The summed E-state index contributed by atoms with van der Waals surface area (Å²) in [6.07, 6.45) is -16.6. The van der Waals surface area contributed by atoms with Crippen LogP contribution in [0.25, 0.3) is 0 Å². The molecular weight excluding hydrogens is 492 g/mol. The van der Waals surface area contributed by atoms with Crippen LogP contribution in [0.3, 0.4) is 0 Å². The summed E-state index contributed by atoms with van der Waals surface area (Å²) >= 11 is 0. The number of rotatable bonds is 14. The summed E-state index contributed by atoms with van der Waals surface area (Å²) in [6.45, 7) is -0.478. The lowest BCUT2D eigenvalue weighted by atomic mass is 9.95. The van der Waals surface area contributed by atoms with Gasteiger partial charge in [0.15, 0.2) is 6.29 Å². The first-order chi connectivity index (χ1) is 17.1. The second-order valence-electron chi connectivity index (χ2n) is 9.31. The lowest BCUT2D eigenvalue weighted by molar-refractivity contribution is -0.400. The van der Waals surface area contributed by atoms with Crippen LogP contribution in [0.4, 0.5) is 0 Å². The van der Waals surface area contributed by atoms with E-state index in [0.717, 1.165) is 0 Å². The van der Waals surface area contributed by atoms with Crippen LogP contribution in [0.5, 0.6) is 0 Å². The Bertz CT molecular complexity index is 663. The van der Waals surface area contributed by atoms with Crippen LogP contribution in [0, 0.1) is 0 Å². The van der Waals surface area contributed by atoms with Crippen molar-refractivity contribution in [3.05, 3.63) is 0 Å². The third kappa shape index (κ3) is 6.69. The van der Waals surface area contributed by atoms with Gasteiger partial charge in [0.25, 0.3) is 0 Å². The first kappa shape index (κ1) is 29.9. The van der Waals surface area contributed by atoms with Crippen molar-refractivity contribution in [3.63, 3.8) is 0 Å². The molecule has 36 heavy (non-hydrogen) atoms. The minimum atomic E-state index is -2.29. The summed E-state index contributed by atoms with van der Waals surface area (Å²) in [7, 11) is 0. The molecule has 3 aliphatic rings. The molecule has 3 fully saturated rings. The molecule has 3 saturated heterocycles. The first-order valence-corrected chi connectivity index (χ1v) is 11.8. The molecule has 4 unspecified atom stereocenters. The van der Waals surface area contributed by atoms with E-state index in [0.29, 0.717) is 6.61 Å². The van der Waals surface area contributed by atoms with Gasteiger partial charge in [0.2, 0.25) is 5.79 Å². The van der Waals surface area contributed by atoms with E-state index in [1.54, 1.807) is 0 Å². The SMILES string of the molecule is CC(O)COC(CO)COC(CC1CO1)[C@@]1(O[C@H]2O[C@H](CO)[C@@H](O)[C@H](O)[C@H]2O)O[C@H](CO)[C@@H](O)[C@@H]1O. The van der Waals surface area contributed by atoms with Crippen LogP contribution < -0.4 is 0 Å². The molecule has 0 aliphatic carbocycles. The molecule has 0 saturated carbocycles. The van der Waals surface area contributed by atoms with Crippen molar-refractivity contribution in [3.8, 4) is 0 Å². The number of hydrogen-bond donors (Lipinski definition) is 9. The van der Waals surface area contributed by atoms with E-state index in [4.69, 9.17) is 28.4 Å². The molecule has 15 heteroatoms. The van der Waals surface area contributed by atoms with Crippen molar-refractivity contribution in [2.45, 2.75) is 92.6 Å². The van der Waals surface area contributed by atoms with Gasteiger partial charge in [-0.25, -0.2) is 0 Å². The quantitative estimate of drug-likeness (QED) is 0.0952. The van der Waals surface area contributed by atoms with Gasteiger partial charge in [0.1, 0.15) is 54.9 Å². The highest BCUT2D eigenvalue weighted by Gasteiger charge is 2.63. The zero-order valence-electron chi connectivity index (χ0n) is 19.9. The van der Waals surface area contributed by atoms with Crippen LogP contribution in [0.1, 0.15) is 13.3 Å². The molecule has 0 aromatic heterocycles. The number of aliphatic hydroxyl groups is 9. The largest absolute Gasteiger partial charge is 0.394 e. The van der Waals surface area contributed by atoms with Crippen molar-refractivity contribution >= 4 is 0 Å². The highest BCUT2D eigenvalue weighted by Crippen LogP contribution is 2.42. The molecule has 0 aromatic carbocycles. The fraction of sp³-hybridized carbons (Fsp3) is 1.00. The Morgan fingerprint density at radius 3 is 2.08 bits per heavy atom. The number of aliphatic hydroxyl groups excluding tert-OH is 9. The zero-order chi connectivity index (χ0) is 26.6. The van der Waals surface area contributed by atoms with Gasteiger partial charge in [-0.1, -0.05) is 0 Å². The summed E-state index contributed by atoms with van der Waals surface area (Å²) in [6, 6.07) is 0. The first-order valence-electron chi connectivity index (χ1n) is 11.8. The summed E-state index contributed by atoms with van der Waals surface area (Å²) in [5.74, 6) is -2.29. The summed E-state index contributed by atoms with van der Waals surface area (Å²) < 4.78 is 33.6. The third-order valence-electron chi connectivity index (χ3n) is 6.37. The second kappa shape index (κ2) is 13.0. The molecular formula is C21H38O15. The molecule has 15 nitrogen and oxygen atoms in total. The molecule has 0 spiro atoms. The van der Waals surface area contributed by atoms with Crippen LogP contribution in [-0.4, -0.2) is 165 Å². The van der Waals surface area contributed by atoms with E-state index in [1.165, 1.54) is 6.92 Å². The molecule has 9 N–H and O–H groups in total. The van der Waals surface area contributed by atoms with Gasteiger partial charge >= 0.3 is 0 Å². The Morgan fingerprint density at radius 1 is 0.889 bits per heavy atom. The molecule has 13 atom stereocenters. The van der Waals surface area contributed by atoms with Crippen LogP contribution >= 0.6 is 0 Å². The molecule has 0 radical (unpaired) electrons. The predicted octanol–water partition coefficient (Wildman–Crippen LogP) is -5.46. The maximum atomic E-state index is 11.0. The monoisotopic (exact) mass is 530 g/mol. The van der Waals surface area contributed by atoms with Crippen molar-refractivity contribution in [2.24, 2.45) is 0 Å². The molecule has 3 rings (SSSR count). The number of epoxide rings is 1. The smallest absolute Gasteiger partial charge is 0.227 e. The lowest BCUT2D eigenvalue weighted by Crippen LogP contribution is -2.64. The van der Waals surface area contributed by atoms with E-state index in [2.05, 4.69) is 0 Å². The van der Waals surface area contributed by atoms with Crippen LogP contribution in [-0.2, 0) is 28.4 Å². The topological polar surface area (TPSA) is 241 Å². The highest BCUT2D eigenvalue weighted by atomic mass is 16.8. The minimum absolute atomic E-state index is 0.0356. The summed E-state index contributed by atoms with van der Waals surface area (Å²) in [5, 5.41) is 90.5. The maximum absolute atomic E-state index is 11.0. The van der Waals surface area contributed by atoms with E-state index in [-0.39, 0.29) is 25.7 Å². The van der Waals surface area contributed by atoms with Crippen molar-refractivity contribution in [1.29, 1.82) is 0 Å². The Morgan fingerprint density at radius 2 is 1.56 bits per heavy atom. The van der Waals surface area contributed by atoms with Gasteiger partial charge in [-0.3, -0.25) is 0 Å². The lowest BCUT2D eigenvalue weighted by Gasteiger charge is -2.46. The van der Waals surface area contributed by atoms with Gasteiger partial charge in [-0.2, -0.15) is 0 Å².